The summed E-state index contributed by atoms with van der Waals surface area (Å²) in [6.07, 6.45) is 4.22. The van der Waals surface area contributed by atoms with Crippen LogP contribution in [0, 0.1) is 13.8 Å². The van der Waals surface area contributed by atoms with Crippen LogP contribution in [0.4, 0.5) is 0 Å². The van der Waals surface area contributed by atoms with Crippen LogP contribution in [0.15, 0.2) is 0 Å². The Morgan fingerprint density at radius 2 is 2.04 bits per heavy atom. The van der Waals surface area contributed by atoms with E-state index in [9.17, 15) is 9.90 Å². The van der Waals surface area contributed by atoms with Crippen LogP contribution in [0.3, 0.4) is 0 Å². The standard InChI is InChI=1S/C17H29N3O3/c1-12(2)23-16(22)10-20-14(4)15(13(3)19-20)9-18-17(11-21)7-5-6-8-17/h12,18,21H,5-11H2,1-4H3. The Bertz CT molecular complexity index is 546. The molecule has 0 aromatic carbocycles. The molecular weight excluding hydrogens is 294 g/mol. The Morgan fingerprint density at radius 3 is 2.61 bits per heavy atom. The summed E-state index contributed by atoms with van der Waals surface area (Å²) in [5, 5.41) is 17.7. The summed E-state index contributed by atoms with van der Waals surface area (Å²) in [5.41, 5.74) is 2.83. The van der Waals surface area contributed by atoms with Gasteiger partial charge in [-0.2, -0.15) is 5.10 Å². The number of ether oxygens (including phenoxy) is 1. The summed E-state index contributed by atoms with van der Waals surface area (Å²) < 4.78 is 6.89. The van der Waals surface area contributed by atoms with Crippen LogP contribution in [0.2, 0.25) is 0 Å². The molecule has 1 aromatic heterocycles. The average molecular weight is 323 g/mol. The quantitative estimate of drug-likeness (QED) is 0.749. The molecule has 2 N–H and O–H groups in total. The second-order valence-electron chi connectivity index (χ2n) is 6.84. The third kappa shape index (κ3) is 4.32. The number of carbonyl (C=O) groups is 1. The van der Waals surface area contributed by atoms with Crippen molar-refractivity contribution < 1.29 is 14.6 Å². The molecule has 0 saturated heterocycles. The van der Waals surface area contributed by atoms with Gasteiger partial charge in [0.05, 0.1) is 18.4 Å². The van der Waals surface area contributed by atoms with Crippen LogP contribution in [0.25, 0.3) is 0 Å². The molecule has 0 amide bonds. The van der Waals surface area contributed by atoms with Crippen molar-refractivity contribution in [3.63, 3.8) is 0 Å². The summed E-state index contributed by atoms with van der Waals surface area (Å²) in [5.74, 6) is -0.271. The molecule has 1 fully saturated rings. The Labute approximate surface area is 138 Å². The lowest BCUT2D eigenvalue weighted by Crippen LogP contribution is -2.45. The minimum absolute atomic E-state index is 0.118. The highest BCUT2D eigenvalue weighted by Crippen LogP contribution is 2.29. The largest absolute Gasteiger partial charge is 0.462 e. The molecule has 1 aliphatic rings. The summed E-state index contributed by atoms with van der Waals surface area (Å²) in [6.45, 7) is 8.57. The first-order chi connectivity index (χ1) is 10.9. The predicted octanol–water partition coefficient (Wildman–Crippen LogP) is 1.85. The minimum atomic E-state index is -0.271. The molecule has 1 saturated carbocycles. The normalized spacial score (nSPS) is 17.0. The Kier molecular flexibility index (Phi) is 5.81. The first-order valence-electron chi connectivity index (χ1n) is 8.45. The van der Waals surface area contributed by atoms with Crippen LogP contribution in [-0.4, -0.2) is 39.1 Å². The van der Waals surface area contributed by atoms with Gasteiger partial charge in [0, 0.05) is 23.3 Å². The number of rotatable bonds is 7. The molecule has 130 valence electrons. The third-order valence-corrected chi connectivity index (χ3v) is 4.68. The van der Waals surface area contributed by atoms with Crippen LogP contribution in [0.5, 0.6) is 0 Å². The number of aryl methyl sites for hydroxylation is 1. The number of carbonyl (C=O) groups excluding carboxylic acids is 1. The van der Waals surface area contributed by atoms with E-state index in [2.05, 4.69) is 10.4 Å². The maximum atomic E-state index is 11.8. The molecule has 0 aliphatic heterocycles. The number of hydrogen-bond acceptors (Lipinski definition) is 5. The topological polar surface area (TPSA) is 76.4 Å². The van der Waals surface area contributed by atoms with E-state index in [1.807, 2.05) is 27.7 Å². The summed E-state index contributed by atoms with van der Waals surface area (Å²) in [7, 11) is 0. The van der Waals surface area contributed by atoms with Crippen molar-refractivity contribution in [3.05, 3.63) is 17.0 Å². The van der Waals surface area contributed by atoms with Crippen molar-refractivity contribution >= 4 is 5.97 Å². The Balaban J connectivity index is 2.04. The Morgan fingerprint density at radius 1 is 1.39 bits per heavy atom. The summed E-state index contributed by atoms with van der Waals surface area (Å²) in [4.78, 5) is 11.8. The number of aliphatic hydroxyl groups excluding tert-OH is 1. The maximum absolute atomic E-state index is 11.8. The fourth-order valence-electron chi connectivity index (χ4n) is 3.28. The van der Waals surface area contributed by atoms with E-state index in [0.717, 1.165) is 42.6 Å². The van der Waals surface area contributed by atoms with Gasteiger partial charge in [-0.1, -0.05) is 12.8 Å². The summed E-state index contributed by atoms with van der Waals surface area (Å²) >= 11 is 0. The zero-order valence-electron chi connectivity index (χ0n) is 14.7. The molecule has 6 heteroatoms. The van der Waals surface area contributed by atoms with Gasteiger partial charge in [-0.3, -0.25) is 9.48 Å². The zero-order valence-corrected chi connectivity index (χ0v) is 14.7. The fourth-order valence-corrected chi connectivity index (χ4v) is 3.28. The maximum Gasteiger partial charge on any atom is 0.328 e. The molecule has 1 aromatic rings. The smallest absolute Gasteiger partial charge is 0.328 e. The van der Waals surface area contributed by atoms with Gasteiger partial charge in [-0.15, -0.1) is 0 Å². The zero-order chi connectivity index (χ0) is 17.0. The molecule has 0 bridgehead atoms. The molecule has 1 aliphatic carbocycles. The van der Waals surface area contributed by atoms with Crippen LogP contribution in [0.1, 0.15) is 56.5 Å². The van der Waals surface area contributed by atoms with Gasteiger partial charge in [0.15, 0.2) is 0 Å². The number of aliphatic hydroxyl groups is 1. The van der Waals surface area contributed by atoms with E-state index >= 15 is 0 Å². The highest BCUT2D eigenvalue weighted by Gasteiger charge is 2.32. The lowest BCUT2D eigenvalue weighted by atomic mass is 9.98. The van der Waals surface area contributed by atoms with E-state index in [1.54, 1.807) is 4.68 Å². The number of nitrogens with zero attached hydrogens (tertiary/aromatic N) is 2. The fraction of sp³-hybridized carbons (Fsp3) is 0.765. The molecule has 23 heavy (non-hydrogen) atoms. The Hall–Kier alpha value is -1.40. The van der Waals surface area contributed by atoms with E-state index < -0.39 is 0 Å². The first kappa shape index (κ1) is 17.9. The van der Waals surface area contributed by atoms with Crippen molar-refractivity contribution in [2.45, 2.75) is 78.1 Å². The monoisotopic (exact) mass is 323 g/mol. The second-order valence-corrected chi connectivity index (χ2v) is 6.84. The van der Waals surface area contributed by atoms with Gasteiger partial charge in [0.25, 0.3) is 0 Å². The minimum Gasteiger partial charge on any atom is -0.462 e. The van der Waals surface area contributed by atoms with E-state index in [1.165, 1.54) is 0 Å². The van der Waals surface area contributed by atoms with Crippen molar-refractivity contribution in [2.24, 2.45) is 0 Å². The van der Waals surface area contributed by atoms with Crippen molar-refractivity contribution in [3.8, 4) is 0 Å². The number of hydrogen-bond donors (Lipinski definition) is 2. The van der Waals surface area contributed by atoms with Crippen molar-refractivity contribution in [1.29, 1.82) is 0 Å². The number of esters is 1. The lowest BCUT2D eigenvalue weighted by molar-refractivity contribution is -0.148. The molecule has 0 unspecified atom stereocenters. The average Bonchev–Trinajstić information content (AvgIpc) is 3.04. The molecule has 0 spiro atoms. The second kappa shape index (κ2) is 7.45. The molecule has 0 radical (unpaired) electrons. The van der Waals surface area contributed by atoms with E-state index in [0.29, 0.717) is 6.54 Å². The molecule has 2 rings (SSSR count). The van der Waals surface area contributed by atoms with E-state index in [-0.39, 0.29) is 30.8 Å². The molecule has 1 heterocycles. The van der Waals surface area contributed by atoms with Crippen LogP contribution < -0.4 is 5.32 Å². The van der Waals surface area contributed by atoms with E-state index in [4.69, 9.17) is 4.74 Å². The van der Waals surface area contributed by atoms with Crippen LogP contribution in [-0.2, 0) is 22.6 Å². The molecular formula is C17H29N3O3. The van der Waals surface area contributed by atoms with Crippen molar-refractivity contribution in [1.82, 2.24) is 15.1 Å². The van der Waals surface area contributed by atoms with Gasteiger partial charge in [-0.05, 0) is 40.5 Å². The third-order valence-electron chi connectivity index (χ3n) is 4.68. The lowest BCUT2D eigenvalue weighted by Gasteiger charge is -2.28. The number of aromatic nitrogens is 2. The highest BCUT2D eigenvalue weighted by atomic mass is 16.5. The summed E-state index contributed by atoms with van der Waals surface area (Å²) in [6, 6.07) is 0. The predicted molar refractivity (Wildman–Crippen MR) is 88.1 cm³/mol. The van der Waals surface area contributed by atoms with Gasteiger partial charge in [0.2, 0.25) is 0 Å². The van der Waals surface area contributed by atoms with Gasteiger partial charge < -0.3 is 15.2 Å². The highest BCUT2D eigenvalue weighted by molar-refractivity contribution is 5.69. The van der Waals surface area contributed by atoms with Gasteiger partial charge in [-0.25, -0.2) is 0 Å². The van der Waals surface area contributed by atoms with Crippen molar-refractivity contribution in [2.75, 3.05) is 6.61 Å². The molecule has 0 atom stereocenters. The van der Waals surface area contributed by atoms with Gasteiger partial charge >= 0.3 is 5.97 Å². The van der Waals surface area contributed by atoms with Crippen LogP contribution >= 0.6 is 0 Å². The first-order valence-corrected chi connectivity index (χ1v) is 8.45. The molecule has 6 nitrogen and oxygen atoms in total. The SMILES string of the molecule is Cc1nn(CC(=O)OC(C)C)c(C)c1CNC1(CO)CCCC1. The van der Waals surface area contributed by atoms with Gasteiger partial charge in [0.1, 0.15) is 6.54 Å². The number of nitrogens with one attached hydrogen (secondary N) is 1.